The summed E-state index contributed by atoms with van der Waals surface area (Å²) < 4.78 is 37.7. The Bertz CT molecular complexity index is 430. The zero-order chi connectivity index (χ0) is 12.8. The molecule has 0 spiro atoms. The lowest BCUT2D eigenvalue weighted by Crippen LogP contribution is -2.35. The van der Waals surface area contributed by atoms with Crippen molar-refractivity contribution in [3.63, 3.8) is 0 Å². The topological polar surface area (TPSA) is 44.5 Å². The molecule has 0 radical (unpaired) electrons. The monoisotopic (exact) mass is 241 g/mol. The van der Waals surface area contributed by atoms with Crippen LogP contribution in [0.4, 0.5) is 14.5 Å². The Hall–Kier alpha value is -1.14. The van der Waals surface area contributed by atoms with Gasteiger partial charge < -0.3 is 15.0 Å². The molecule has 1 saturated heterocycles. The van der Waals surface area contributed by atoms with Gasteiger partial charge in [-0.25, -0.2) is 8.78 Å². The van der Waals surface area contributed by atoms with E-state index < -0.39 is 30.0 Å². The zero-order valence-corrected chi connectivity index (χ0v) is 9.96. The van der Waals surface area contributed by atoms with Gasteiger partial charge in [0.1, 0.15) is 17.3 Å². The second kappa shape index (κ2) is 3.96. The van der Waals surface area contributed by atoms with E-state index in [1.54, 1.807) is 0 Å². The molecule has 1 aromatic carbocycles. The minimum Gasteiger partial charge on any atom is -0.402 e. The van der Waals surface area contributed by atoms with Crippen LogP contribution < -0.4 is 11.2 Å². The van der Waals surface area contributed by atoms with Crippen LogP contribution in [0, 0.1) is 11.6 Å². The molecule has 0 amide bonds. The van der Waals surface area contributed by atoms with Crippen molar-refractivity contribution in [3.8, 4) is 0 Å². The third-order valence-corrected chi connectivity index (χ3v) is 3.09. The molecule has 6 heteroatoms. The maximum Gasteiger partial charge on any atom is 0.494 e. The van der Waals surface area contributed by atoms with Crippen LogP contribution >= 0.6 is 0 Å². The molecule has 1 atom stereocenters. The van der Waals surface area contributed by atoms with E-state index in [1.165, 1.54) is 0 Å². The number of benzene rings is 1. The summed E-state index contributed by atoms with van der Waals surface area (Å²) in [6, 6.07) is 2.27. The van der Waals surface area contributed by atoms with E-state index in [9.17, 15) is 8.78 Å². The van der Waals surface area contributed by atoms with E-state index in [0.717, 1.165) is 12.1 Å². The zero-order valence-electron chi connectivity index (χ0n) is 9.96. The molecule has 0 aromatic heterocycles. The van der Waals surface area contributed by atoms with Crippen LogP contribution in [0.3, 0.4) is 0 Å². The molecule has 1 aromatic rings. The summed E-state index contributed by atoms with van der Waals surface area (Å²) in [5.74, 6) is -1.60. The summed E-state index contributed by atoms with van der Waals surface area (Å²) >= 11 is 0. The number of hydrogen-bond acceptors (Lipinski definition) is 3. The van der Waals surface area contributed by atoms with Gasteiger partial charge in [0.25, 0.3) is 0 Å². The molecule has 1 fully saturated rings. The maximum absolute atomic E-state index is 13.3. The smallest absolute Gasteiger partial charge is 0.402 e. The second-order valence-electron chi connectivity index (χ2n) is 4.73. The fourth-order valence-corrected chi connectivity index (χ4v) is 1.64. The molecule has 1 aliphatic heterocycles. The van der Waals surface area contributed by atoms with Crippen molar-refractivity contribution in [2.45, 2.75) is 32.5 Å². The van der Waals surface area contributed by atoms with Crippen LogP contribution in [-0.4, -0.2) is 18.8 Å². The number of rotatable bonds is 1. The second-order valence-corrected chi connectivity index (χ2v) is 4.73. The van der Waals surface area contributed by atoms with Crippen molar-refractivity contribution in [2.75, 3.05) is 5.73 Å². The highest BCUT2D eigenvalue weighted by molar-refractivity contribution is 6.62. The van der Waals surface area contributed by atoms with Gasteiger partial charge in [0.05, 0.1) is 11.7 Å². The highest BCUT2D eigenvalue weighted by Gasteiger charge is 2.44. The van der Waals surface area contributed by atoms with Crippen LogP contribution in [0.2, 0.25) is 0 Å². The van der Waals surface area contributed by atoms with Gasteiger partial charge in [-0.1, -0.05) is 0 Å². The first-order valence-corrected chi connectivity index (χ1v) is 5.39. The fraction of sp³-hybridized carbons (Fsp3) is 0.455. The summed E-state index contributed by atoms with van der Waals surface area (Å²) in [6.45, 7) is 5.58. The molecule has 1 unspecified atom stereocenters. The molecule has 0 saturated carbocycles. The van der Waals surface area contributed by atoms with Gasteiger partial charge in [-0.3, -0.25) is 0 Å². The highest BCUT2D eigenvalue weighted by atomic mass is 19.1. The summed E-state index contributed by atoms with van der Waals surface area (Å²) in [6.07, 6.45) is -0.156. The fourth-order valence-electron chi connectivity index (χ4n) is 1.64. The highest BCUT2D eigenvalue weighted by Crippen LogP contribution is 2.27. The van der Waals surface area contributed by atoms with E-state index in [0.29, 0.717) is 5.46 Å². The van der Waals surface area contributed by atoms with Crippen LogP contribution in [-0.2, 0) is 9.31 Å². The summed E-state index contributed by atoms with van der Waals surface area (Å²) in [4.78, 5) is 0. The third kappa shape index (κ3) is 2.15. The Kier molecular flexibility index (Phi) is 2.87. The Labute approximate surface area is 99.0 Å². The Morgan fingerprint density at radius 1 is 1.29 bits per heavy atom. The van der Waals surface area contributed by atoms with Crippen molar-refractivity contribution >= 4 is 18.3 Å². The molecule has 92 valence electrons. The Morgan fingerprint density at radius 3 is 2.24 bits per heavy atom. The standard InChI is InChI=1S/C11H14BF2NO2/c1-6-11(2,3)17-12(16-6)7-4-8(13)10(15)9(14)5-7/h4-6H,15H2,1-3H3. The summed E-state index contributed by atoms with van der Waals surface area (Å²) in [7, 11) is -0.760. The summed E-state index contributed by atoms with van der Waals surface area (Å²) in [5, 5.41) is 0. The van der Waals surface area contributed by atoms with Gasteiger partial charge >= 0.3 is 7.12 Å². The minimum absolute atomic E-state index is 0.156. The number of anilines is 1. The Balaban J connectivity index is 2.31. The third-order valence-electron chi connectivity index (χ3n) is 3.09. The number of halogens is 2. The molecular formula is C11H14BF2NO2. The van der Waals surface area contributed by atoms with Gasteiger partial charge in [0.2, 0.25) is 0 Å². The van der Waals surface area contributed by atoms with Crippen molar-refractivity contribution in [1.82, 2.24) is 0 Å². The van der Waals surface area contributed by atoms with E-state index in [2.05, 4.69) is 0 Å². The molecular weight excluding hydrogens is 227 g/mol. The van der Waals surface area contributed by atoms with Crippen molar-refractivity contribution in [2.24, 2.45) is 0 Å². The van der Waals surface area contributed by atoms with Crippen LogP contribution in [0.5, 0.6) is 0 Å². The number of nitrogen functional groups attached to an aromatic ring is 1. The molecule has 1 heterocycles. The average molecular weight is 241 g/mol. The predicted octanol–water partition coefficient (Wildman–Crippen LogP) is 1.46. The molecule has 1 aliphatic rings. The largest absolute Gasteiger partial charge is 0.494 e. The van der Waals surface area contributed by atoms with Crippen molar-refractivity contribution < 1.29 is 18.1 Å². The average Bonchev–Trinajstić information content (AvgIpc) is 2.49. The lowest BCUT2D eigenvalue weighted by atomic mass is 9.79. The van der Waals surface area contributed by atoms with Crippen LogP contribution in [0.1, 0.15) is 20.8 Å². The molecule has 17 heavy (non-hydrogen) atoms. The van der Waals surface area contributed by atoms with E-state index in [-0.39, 0.29) is 6.10 Å². The van der Waals surface area contributed by atoms with E-state index in [1.807, 2.05) is 20.8 Å². The predicted molar refractivity (Wildman–Crippen MR) is 61.9 cm³/mol. The van der Waals surface area contributed by atoms with Crippen molar-refractivity contribution in [1.29, 1.82) is 0 Å². The molecule has 0 bridgehead atoms. The molecule has 2 rings (SSSR count). The van der Waals surface area contributed by atoms with Gasteiger partial charge in [0.15, 0.2) is 0 Å². The first-order chi connectivity index (χ1) is 7.81. The first-order valence-electron chi connectivity index (χ1n) is 5.39. The molecule has 2 N–H and O–H groups in total. The van der Waals surface area contributed by atoms with Crippen LogP contribution in [0.25, 0.3) is 0 Å². The lowest BCUT2D eigenvalue weighted by Gasteiger charge is -2.21. The number of nitrogens with two attached hydrogens (primary N) is 1. The SMILES string of the molecule is CC1OB(c2cc(F)c(N)c(F)c2)OC1(C)C. The van der Waals surface area contributed by atoms with Crippen molar-refractivity contribution in [3.05, 3.63) is 23.8 Å². The first kappa shape index (κ1) is 12.3. The Morgan fingerprint density at radius 2 is 1.82 bits per heavy atom. The van der Waals surface area contributed by atoms with Crippen LogP contribution in [0.15, 0.2) is 12.1 Å². The van der Waals surface area contributed by atoms with Gasteiger partial charge in [-0.2, -0.15) is 0 Å². The maximum atomic E-state index is 13.3. The lowest BCUT2D eigenvalue weighted by molar-refractivity contribution is 0.0842. The summed E-state index contributed by atoms with van der Waals surface area (Å²) in [5.41, 5.74) is 4.52. The molecule has 0 aliphatic carbocycles. The van der Waals surface area contributed by atoms with Gasteiger partial charge in [-0.15, -0.1) is 0 Å². The minimum atomic E-state index is -0.801. The van der Waals surface area contributed by atoms with Gasteiger partial charge in [-0.05, 0) is 38.4 Å². The van der Waals surface area contributed by atoms with E-state index >= 15 is 0 Å². The van der Waals surface area contributed by atoms with Gasteiger partial charge in [0, 0.05) is 0 Å². The van der Waals surface area contributed by atoms with E-state index in [4.69, 9.17) is 15.0 Å². The molecule has 3 nitrogen and oxygen atoms in total. The normalized spacial score (nSPS) is 23.1. The number of hydrogen-bond donors (Lipinski definition) is 1. The quantitative estimate of drug-likeness (QED) is 0.597.